The first-order chi connectivity index (χ1) is 7.77. The maximum Gasteiger partial charge on any atom is 0.163 e. The maximum atomic E-state index is 11.3. The van der Waals surface area contributed by atoms with Crippen molar-refractivity contribution in [3.05, 3.63) is 46.4 Å². The smallest absolute Gasteiger partial charge is 0.163 e. The van der Waals surface area contributed by atoms with Crippen molar-refractivity contribution in [3.63, 3.8) is 0 Å². The molecule has 0 saturated heterocycles. The lowest BCUT2D eigenvalue weighted by Crippen LogP contribution is -2.00. The van der Waals surface area contributed by atoms with E-state index in [9.17, 15) is 4.79 Å². The predicted octanol–water partition coefficient (Wildman–Crippen LogP) is 2.92. The summed E-state index contributed by atoms with van der Waals surface area (Å²) in [5.74, 6) is 0.642. The normalized spacial score (nSPS) is 10.1. The van der Waals surface area contributed by atoms with E-state index in [4.69, 9.17) is 4.74 Å². The summed E-state index contributed by atoms with van der Waals surface area (Å²) in [5.41, 5.74) is 2.38. The van der Waals surface area contributed by atoms with Gasteiger partial charge in [0.15, 0.2) is 5.78 Å². The molecule has 0 aliphatic rings. The molecule has 0 unspecified atom stereocenters. The van der Waals surface area contributed by atoms with Crippen molar-refractivity contribution in [1.29, 1.82) is 0 Å². The number of hydrogen-bond acceptors (Lipinski definition) is 4. The molecule has 0 N–H and O–H groups in total. The second-order valence-corrected chi connectivity index (χ2v) is 4.28. The standard InChI is InChI=1S/C12H11NO2S/c1-9(14)11-4-2-3-5-12(11)15-7-10-6-13-8-16-10/h2-6,8H,7H2,1H3. The lowest BCUT2D eigenvalue weighted by Gasteiger charge is -2.07. The number of aromatic nitrogens is 1. The average molecular weight is 233 g/mol. The van der Waals surface area contributed by atoms with E-state index in [-0.39, 0.29) is 5.78 Å². The summed E-state index contributed by atoms with van der Waals surface area (Å²) in [6, 6.07) is 7.26. The number of ether oxygens (including phenoxy) is 1. The molecule has 0 saturated carbocycles. The van der Waals surface area contributed by atoms with Gasteiger partial charge in [0.05, 0.1) is 16.0 Å². The van der Waals surface area contributed by atoms with Gasteiger partial charge < -0.3 is 4.74 Å². The molecular formula is C12H11NO2S. The van der Waals surface area contributed by atoms with Crippen LogP contribution < -0.4 is 4.74 Å². The van der Waals surface area contributed by atoms with Crippen LogP contribution in [0.3, 0.4) is 0 Å². The Balaban J connectivity index is 2.12. The van der Waals surface area contributed by atoms with Gasteiger partial charge in [0.2, 0.25) is 0 Å². The molecule has 1 aromatic heterocycles. The minimum Gasteiger partial charge on any atom is -0.487 e. The highest BCUT2D eigenvalue weighted by Gasteiger charge is 2.07. The molecule has 1 aromatic carbocycles. The number of ketones is 1. The Morgan fingerprint density at radius 2 is 2.25 bits per heavy atom. The number of thiazole rings is 1. The summed E-state index contributed by atoms with van der Waals surface area (Å²) in [6.07, 6.45) is 1.76. The predicted molar refractivity (Wildman–Crippen MR) is 62.9 cm³/mol. The third-order valence-corrected chi connectivity index (χ3v) is 2.87. The van der Waals surface area contributed by atoms with E-state index >= 15 is 0 Å². The lowest BCUT2D eigenvalue weighted by molar-refractivity contribution is 0.101. The zero-order chi connectivity index (χ0) is 11.4. The molecule has 1 heterocycles. The van der Waals surface area contributed by atoms with Gasteiger partial charge in [-0.1, -0.05) is 12.1 Å². The first-order valence-electron chi connectivity index (χ1n) is 4.87. The molecule has 16 heavy (non-hydrogen) atoms. The van der Waals surface area contributed by atoms with Crippen LogP contribution in [0.15, 0.2) is 36.0 Å². The first-order valence-corrected chi connectivity index (χ1v) is 5.75. The monoisotopic (exact) mass is 233 g/mol. The first kappa shape index (κ1) is 10.8. The minimum absolute atomic E-state index is 0.0138. The number of rotatable bonds is 4. The van der Waals surface area contributed by atoms with E-state index in [0.717, 1.165) is 4.88 Å². The molecule has 0 bridgehead atoms. The molecule has 3 nitrogen and oxygen atoms in total. The van der Waals surface area contributed by atoms with Crippen molar-refractivity contribution < 1.29 is 9.53 Å². The third-order valence-electron chi connectivity index (χ3n) is 2.12. The molecule has 0 amide bonds. The molecule has 0 aliphatic heterocycles. The number of benzene rings is 1. The summed E-state index contributed by atoms with van der Waals surface area (Å²) in [5, 5.41) is 0. The van der Waals surface area contributed by atoms with Crippen LogP contribution in [0.1, 0.15) is 22.2 Å². The van der Waals surface area contributed by atoms with Gasteiger partial charge in [-0.3, -0.25) is 9.78 Å². The van der Waals surface area contributed by atoms with E-state index in [1.807, 2.05) is 12.1 Å². The van der Waals surface area contributed by atoms with Crippen LogP contribution >= 0.6 is 11.3 Å². The summed E-state index contributed by atoms with van der Waals surface area (Å²) >= 11 is 1.54. The van der Waals surface area contributed by atoms with Gasteiger partial charge in [-0.15, -0.1) is 11.3 Å². The summed E-state index contributed by atoms with van der Waals surface area (Å²) in [6.45, 7) is 1.99. The Labute approximate surface area is 97.7 Å². The highest BCUT2D eigenvalue weighted by molar-refractivity contribution is 7.09. The fourth-order valence-corrected chi connectivity index (χ4v) is 1.85. The van der Waals surface area contributed by atoms with Crippen LogP contribution in [-0.2, 0) is 6.61 Å². The number of para-hydroxylation sites is 1. The molecular weight excluding hydrogens is 222 g/mol. The molecule has 2 aromatic rings. The Morgan fingerprint density at radius 1 is 1.44 bits per heavy atom. The SMILES string of the molecule is CC(=O)c1ccccc1OCc1cncs1. The fourth-order valence-electron chi connectivity index (χ4n) is 1.35. The van der Waals surface area contributed by atoms with Crippen molar-refractivity contribution >= 4 is 17.1 Å². The largest absolute Gasteiger partial charge is 0.487 e. The van der Waals surface area contributed by atoms with Gasteiger partial charge in [-0.05, 0) is 19.1 Å². The summed E-state index contributed by atoms with van der Waals surface area (Å²) in [7, 11) is 0. The fraction of sp³-hybridized carbons (Fsp3) is 0.167. The van der Waals surface area contributed by atoms with E-state index < -0.39 is 0 Å². The number of hydrogen-bond donors (Lipinski definition) is 0. The molecule has 4 heteroatoms. The van der Waals surface area contributed by atoms with E-state index in [1.165, 1.54) is 18.3 Å². The zero-order valence-electron chi connectivity index (χ0n) is 8.84. The van der Waals surface area contributed by atoms with Crippen LogP contribution in [0.25, 0.3) is 0 Å². The van der Waals surface area contributed by atoms with E-state index in [0.29, 0.717) is 17.9 Å². The second kappa shape index (κ2) is 4.90. The molecule has 0 radical (unpaired) electrons. The van der Waals surface area contributed by atoms with Gasteiger partial charge >= 0.3 is 0 Å². The Hall–Kier alpha value is -1.68. The maximum absolute atomic E-state index is 11.3. The van der Waals surface area contributed by atoms with Crippen LogP contribution in [0.5, 0.6) is 5.75 Å². The molecule has 0 atom stereocenters. The Kier molecular flexibility index (Phi) is 3.31. The molecule has 0 spiro atoms. The van der Waals surface area contributed by atoms with Crippen LogP contribution in [-0.4, -0.2) is 10.8 Å². The van der Waals surface area contributed by atoms with Crippen molar-refractivity contribution in [2.75, 3.05) is 0 Å². The molecule has 82 valence electrons. The van der Waals surface area contributed by atoms with Crippen LogP contribution in [0, 0.1) is 0 Å². The molecule has 0 fully saturated rings. The summed E-state index contributed by atoms with van der Waals surface area (Å²) in [4.78, 5) is 16.3. The van der Waals surface area contributed by atoms with Gasteiger partial charge in [0.1, 0.15) is 12.4 Å². The lowest BCUT2D eigenvalue weighted by atomic mass is 10.1. The van der Waals surface area contributed by atoms with Gasteiger partial charge in [0, 0.05) is 6.20 Å². The van der Waals surface area contributed by atoms with Crippen molar-refractivity contribution in [2.24, 2.45) is 0 Å². The Bertz CT molecular complexity index is 480. The van der Waals surface area contributed by atoms with E-state index in [2.05, 4.69) is 4.98 Å². The quantitative estimate of drug-likeness (QED) is 0.762. The highest BCUT2D eigenvalue weighted by Crippen LogP contribution is 2.20. The van der Waals surface area contributed by atoms with Gasteiger partial charge in [-0.25, -0.2) is 0 Å². The Morgan fingerprint density at radius 3 is 2.94 bits per heavy atom. The topological polar surface area (TPSA) is 39.2 Å². The third kappa shape index (κ3) is 2.46. The zero-order valence-corrected chi connectivity index (χ0v) is 9.66. The van der Waals surface area contributed by atoms with Crippen molar-refractivity contribution in [3.8, 4) is 5.75 Å². The van der Waals surface area contributed by atoms with Crippen molar-refractivity contribution in [1.82, 2.24) is 4.98 Å². The van der Waals surface area contributed by atoms with Crippen LogP contribution in [0.4, 0.5) is 0 Å². The number of nitrogens with zero attached hydrogens (tertiary/aromatic N) is 1. The average Bonchev–Trinajstić information content (AvgIpc) is 2.79. The molecule has 2 rings (SSSR count). The number of carbonyl (C=O) groups is 1. The number of Topliss-reactive ketones (excluding diaryl/α,β-unsaturated/α-hetero) is 1. The van der Waals surface area contributed by atoms with Gasteiger partial charge in [0.25, 0.3) is 0 Å². The van der Waals surface area contributed by atoms with Crippen LogP contribution in [0.2, 0.25) is 0 Å². The summed E-state index contributed by atoms with van der Waals surface area (Å²) < 4.78 is 5.59. The second-order valence-electron chi connectivity index (χ2n) is 3.31. The molecule has 0 aliphatic carbocycles. The van der Waals surface area contributed by atoms with Crippen molar-refractivity contribution in [2.45, 2.75) is 13.5 Å². The number of carbonyl (C=O) groups excluding carboxylic acids is 1. The highest BCUT2D eigenvalue weighted by atomic mass is 32.1. The van der Waals surface area contributed by atoms with Gasteiger partial charge in [-0.2, -0.15) is 0 Å². The van der Waals surface area contributed by atoms with E-state index in [1.54, 1.807) is 23.8 Å². The minimum atomic E-state index is 0.0138.